The summed E-state index contributed by atoms with van der Waals surface area (Å²) in [7, 11) is 0. The van der Waals surface area contributed by atoms with E-state index in [2.05, 4.69) is 26.0 Å². The van der Waals surface area contributed by atoms with E-state index in [0.717, 1.165) is 10.7 Å². The topological polar surface area (TPSA) is 126 Å². The lowest BCUT2D eigenvalue weighted by Gasteiger charge is -2.16. The first kappa shape index (κ1) is 27.3. The average molecular weight is 580 g/mol. The lowest BCUT2D eigenvalue weighted by molar-refractivity contribution is -0.386. The van der Waals surface area contributed by atoms with Crippen molar-refractivity contribution in [3.05, 3.63) is 71.7 Å². The van der Waals surface area contributed by atoms with Crippen molar-refractivity contribution in [1.29, 1.82) is 0 Å². The van der Waals surface area contributed by atoms with Crippen LogP contribution in [-0.2, 0) is 9.53 Å². The number of benzene rings is 2. The van der Waals surface area contributed by atoms with Gasteiger partial charge >= 0.3 is 11.7 Å². The fourth-order valence-electron chi connectivity index (χ4n) is 3.34. The Balaban J connectivity index is 2.20. The number of hydrogen-bond acceptors (Lipinski definition) is 8. The zero-order valence-corrected chi connectivity index (χ0v) is 22.4. The molecule has 0 unspecified atom stereocenters. The maximum absolute atomic E-state index is 13.4. The van der Waals surface area contributed by atoms with Gasteiger partial charge in [-0.05, 0) is 44.5 Å². The Kier molecular flexibility index (Phi) is 8.80. The molecule has 12 heteroatoms. The van der Waals surface area contributed by atoms with E-state index >= 15 is 0 Å². The predicted molar refractivity (Wildman–Crippen MR) is 140 cm³/mol. The molecule has 0 aliphatic rings. The van der Waals surface area contributed by atoms with E-state index in [1.54, 1.807) is 25.1 Å². The van der Waals surface area contributed by atoms with Crippen molar-refractivity contribution >= 4 is 56.3 Å². The Bertz CT molecular complexity index is 1410. The van der Waals surface area contributed by atoms with E-state index in [-0.39, 0.29) is 28.9 Å². The van der Waals surface area contributed by atoms with Crippen LogP contribution in [0, 0.1) is 10.1 Å². The first-order valence-corrected chi connectivity index (χ1v) is 12.3. The number of esters is 1. The quantitative estimate of drug-likeness (QED) is 0.143. The number of nitro benzene ring substituents is 1. The summed E-state index contributed by atoms with van der Waals surface area (Å²) < 4.78 is 12.4. The summed E-state index contributed by atoms with van der Waals surface area (Å²) in [5, 5.41) is 16.5. The van der Waals surface area contributed by atoms with Gasteiger partial charge in [-0.3, -0.25) is 14.9 Å². The molecular formula is C24H24BrClN4O6. The predicted octanol–water partition coefficient (Wildman–Crippen LogP) is 5.45. The molecule has 0 bridgehead atoms. The molecule has 190 valence electrons. The number of carbonyl (C=O) groups excluding carboxylic acids is 1. The van der Waals surface area contributed by atoms with E-state index in [1.807, 2.05) is 13.8 Å². The van der Waals surface area contributed by atoms with E-state index in [0.29, 0.717) is 27.6 Å². The summed E-state index contributed by atoms with van der Waals surface area (Å²) in [6.07, 6.45) is 0.776. The molecule has 0 spiro atoms. The van der Waals surface area contributed by atoms with Crippen molar-refractivity contribution in [2.24, 2.45) is 5.10 Å². The monoisotopic (exact) mass is 578 g/mol. The Labute approximate surface area is 220 Å². The van der Waals surface area contributed by atoms with E-state index in [9.17, 15) is 19.7 Å². The number of ether oxygens (including phenoxy) is 2. The minimum atomic E-state index is -1.14. The molecule has 10 nitrogen and oxygen atoms in total. The van der Waals surface area contributed by atoms with Gasteiger partial charge in [0.25, 0.3) is 5.56 Å². The van der Waals surface area contributed by atoms with Gasteiger partial charge in [-0.2, -0.15) is 9.78 Å². The van der Waals surface area contributed by atoms with Crippen molar-refractivity contribution in [3.8, 4) is 5.75 Å². The maximum Gasteiger partial charge on any atom is 0.347 e. The Morgan fingerprint density at radius 1 is 1.31 bits per heavy atom. The number of halogens is 2. The lowest BCUT2D eigenvalue weighted by Crippen LogP contribution is -2.27. The fourth-order valence-corrected chi connectivity index (χ4v) is 3.93. The van der Waals surface area contributed by atoms with Crippen molar-refractivity contribution in [3.63, 3.8) is 0 Å². The third-order valence-corrected chi connectivity index (χ3v) is 6.08. The summed E-state index contributed by atoms with van der Waals surface area (Å²) in [5.74, 6) is -0.615. The van der Waals surface area contributed by atoms with Crippen LogP contribution in [0.4, 0.5) is 5.69 Å². The third kappa shape index (κ3) is 5.90. The highest BCUT2D eigenvalue weighted by molar-refractivity contribution is 9.10. The zero-order chi connectivity index (χ0) is 26.6. The summed E-state index contributed by atoms with van der Waals surface area (Å²) in [4.78, 5) is 41.2. The van der Waals surface area contributed by atoms with Crippen LogP contribution in [0.2, 0.25) is 5.02 Å². The highest BCUT2D eigenvalue weighted by Gasteiger charge is 2.26. The second-order valence-electron chi connectivity index (χ2n) is 7.91. The van der Waals surface area contributed by atoms with Crippen LogP contribution in [0.25, 0.3) is 10.9 Å². The van der Waals surface area contributed by atoms with Crippen LogP contribution in [0.15, 0.2) is 44.7 Å². The van der Waals surface area contributed by atoms with Crippen LogP contribution < -0.4 is 10.3 Å². The molecule has 0 saturated heterocycles. The van der Waals surface area contributed by atoms with Crippen molar-refractivity contribution in [2.45, 2.75) is 46.1 Å². The van der Waals surface area contributed by atoms with Crippen LogP contribution in [0.3, 0.4) is 0 Å². The van der Waals surface area contributed by atoms with E-state index in [1.165, 1.54) is 19.2 Å². The molecule has 2 aromatic carbocycles. The van der Waals surface area contributed by atoms with Gasteiger partial charge in [-0.15, -0.1) is 0 Å². The second-order valence-corrected chi connectivity index (χ2v) is 9.27. The minimum Gasteiger partial charge on any atom is -0.471 e. The standard InChI is InChI=1S/C24H24BrClN4O6/c1-5-13(3)22-28-19-8-7-16(25)10-18(19)23(31)29(22)27-12-15-9-17(26)11-20(30(33)34)21(15)36-14(4)24(32)35-6-2/h7-14H,5-6H2,1-4H3/t13-,14-/m1/s1. The summed E-state index contributed by atoms with van der Waals surface area (Å²) in [6.45, 7) is 7.04. The van der Waals surface area contributed by atoms with Crippen LogP contribution in [0.5, 0.6) is 5.75 Å². The molecule has 0 amide bonds. The molecule has 0 N–H and O–H groups in total. The van der Waals surface area contributed by atoms with Gasteiger partial charge in [-0.25, -0.2) is 9.78 Å². The molecule has 0 saturated carbocycles. The minimum absolute atomic E-state index is 0.0503. The van der Waals surface area contributed by atoms with Crippen molar-refractivity contribution < 1.29 is 19.2 Å². The number of rotatable bonds is 9. The van der Waals surface area contributed by atoms with Gasteiger partial charge in [0, 0.05) is 27.0 Å². The highest BCUT2D eigenvalue weighted by Crippen LogP contribution is 2.34. The molecule has 1 aromatic heterocycles. The summed E-state index contributed by atoms with van der Waals surface area (Å²) in [6, 6.07) is 7.69. The first-order valence-electron chi connectivity index (χ1n) is 11.1. The molecular weight excluding hydrogens is 556 g/mol. The van der Waals surface area contributed by atoms with Gasteiger partial charge in [-0.1, -0.05) is 41.4 Å². The molecule has 0 aliphatic carbocycles. The molecule has 2 atom stereocenters. The van der Waals surface area contributed by atoms with Gasteiger partial charge < -0.3 is 9.47 Å². The van der Waals surface area contributed by atoms with Gasteiger partial charge in [0.1, 0.15) is 5.82 Å². The number of fused-ring (bicyclic) bond motifs is 1. The first-order chi connectivity index (χ1) is 17.1. The van der Waals surface area contributed by atoms with Crippen LogP contribution in [0.1, 0.15) is 51.4 Å². The largest absolute Gasteiger partial charge is 0.471 e. The van der Waals surface area contributed by atoms with Gasteiger partial charge in [0.2, 0.25) is 5.75 Å². The Morgan fingerprint density at radius 2 is 2.03 bits per heavy atom. The van der Waals surface area contributed by atoms with Gasteiger partial charge in [0.05, 0.1) is 28.6 Å². The SMILES string of the molecule is CCOC(=O)[C@@H](C)Oc1c(C=Nn2c([C@H](C)CC)nc3ccc(Br)cc3c2=O)cc(Cl)cc1[N+](=O)[O-]. The van der Waals surface area contributed by atoms with Gasteiger partial charge in [0.15, 0.2) is 6.10 Å². The number of nitrogens with zero attached hydrogens (tertiary/aromatic N) is 4. The maximum atomic E-state index is 13.4. The lowest BCUT2D eigenvalue weighted by atomic mass is 10.1. The van der Waals surface area contributed by atoms with Crippen molar-refractivity contribution in [2.75, 3.05) is 6.61 Å². The summed E-state index contributed by atoms with van der Waals surface area (Å²) >= 11 is 9.49. The number of hydrogen-bond donors (Lipinski definition) is 0. The third-order valence-electron chi connectivity index (χ3n) is 5.37. The zero-order valence-electron chi connectivity index (χ0n) is 20.0. The Morgan fingerprint density at radius 3 is 2.67 bits per heavy atom. The average Bonchev–Trinajstić information content (AvgIpc) is 2.84. The fraction of sp³-hybridized carbons (Fsp3) is 0.333. The molecule has 0 radical (unpaired) electrons. The molecule has 36 heavy (non-hydrogen) atoms. The van der Waals surface area contributed by atoms with Crippen molar-refractivity contribution in [1.82, 2.24) is 9.66 Å². The normalized spacial score (nSPS) is 13.1. The molecule has 0 aliphatic heterocycles. The molecule has 1 heterocycles. The second kappa shape index (κ2) is 11.6. The van der Waals surface area contributed by atoms with Crippen LogP contribution >= 0.6 is 27.5 Å². The smallest absolute Gasteiger partial charge is 0.347 e. The molecule has 3 rings (SSSR count). The summed E-state index contributed by atoms with van der Waals surface area (Å²) in [5.41, 5.74) is -0.251. The number of nitro groups is 1. The van der Waals surface area contributed by atoms with E-state index in [4.69, 9.17) is 21.1 Å². The number of aromatic nitrogens is 2. The molecule has 3 aromatic rings. The Hall–Kier alpha value is -3.31. The molecule has 0 fully saturated rings. The number of carbonyl (C=O) groups is 1. The van der Waals surface area contributed by atoms with E-state index < -0.39 is 28.2 Å². The van der Waals surface area contributed by atoms with Crippen LogP contribution in [-0.4, -0.2) is 39.5 Å². The highest BCUT2D eigenvalue weighted by atomic mass is 79.9.